The van der Waals surface area contributed by atoms with E-state index in [1.807, 2.05) is 0 Å². The molecule has 14 heteroatoms. The molecule has 0 aliphatic rings. The minimum absolute atomic E-state index is 0. The molecule has 0 unspecified atom stereocenters. The van der Waals surface area contributed by atoms with E-state index in [0.717, 1.165) is 21.3 Å². The number of methoxy groups -OCH3 is 1. The first-order valence-electron chi connectivity index (χ1n) is 13.9. The van der Waals surface area contributed by atoms with Gasteiger partial charge in [0, 0.05) is 23.2 Å². The Labute approximate surface area is 282 Å². The van der Waals surface area contributed by atoms with E-state index in [1.54, 1.807) is 18.2 Å². The fraction of sp³-hybridized carbons (Fsp3) is 0.281. The van der Waals surface area contributed by atoms with Gasteiger partial charge in [-0.3, -0.25) is 14.2 Å². The van der Waals surface area contributed by atoms with E-state index in [9.17, 15) is 31.9 Å². The number of carboxylic acids is 1. The van der Waals surface area contributed by atoms with Gasteiger partial charge in [0.25, 0.3) is 5.56 Å². The number of benzene rings is 3. The fourth-order valence-corrected chi connectivity index (χ4v) is 5.12. The van der Waals surface area contributed by atoms with Gasteiger partial charge >= 0.3 is 47.4 Å². The van der Waals surface area contributed by atoms with Gasteiger partial charge in [0.15, 0.2) is 11.6 Å². The SMILES string of the molecule is COc1cccc(-c2c(C)n(Cc3c(F)cccc3C(F)(F)F)c(=O)n(-c3ccccc3CCNCCCC(=O)O)c2=O)c1F.[NaH]. The normalized spacial score (nSPS) is 11.3. The molecule has 0 amide bonds. The standard InChI is InChI=1S/C32H30F5N3O5.Na.H/c1-19-28(21-9-5-13-26(45-2)29(21)34)30(43)40(25-12-4-3-8-20(25)15-17-38-16-7-14-27(41)42)31(44)39(19)18-22-23(32(35,36)37)10-6-11-24(22)33;;/h3-6,8-13,38H,7,14-18H2,1-2H3,(H,41,42);;. The average molecular weight is 656 g/mol. The number of nitrogens with zero attached hydrogens (tertiary/aromatic N) is 2. The second kappa shape index (κ2) is 15.7. The van der Waals surface area contributed by atoms with Gasteiger partial charge in [-0.15, -0.1) is 0 Å². The molecule has 1 aromatic heterocycles. The number of hydrogen-bond acceptors (Lipinski definition) is 5. The van der Waals surface area contributed by atoms with Crippen LogP contribution >= 0.6 is 0 Å². The number of nitrogens with one attached hydrogen (secondary N) is 1. The van der Waals surface area contributed by atoms with Crippen molar-refractivity contribution in [3.63, 3.8) is 0 Å². The molecule has 0 saturated carbocycles. The van der Waals surface area contributed by atoms with Gasteiger partial charge in [0.05, 0.1) is 30.5 Å². The van der Waals surface area contributed by atoms with Crippen LogP contribution in [0.4, 0.5) is 22.0 Å². The molecule has 1 heterocycles. The molecule has 0 fully saturated rings. The third-order valence-electron chi connectivity index (χ3n) is 7.35. The number of hydrogen-bond donors (Lipinski definition) is 2. The molecule has 3 aromatic carbocycles. The van der Waals surface area contributed by atoms with Crippen LogP contribution in [0.2, 0.25) is 0 Å². The summed E-state index contributed by atoms with van der Waals surface area (Å²) in [7, 11) is 1.22. The third kappa shape index (κ3) is 7.95. The molecule has 0 radical (unpaired) electrons. The first-order chi connectivity index (χ1) is 21.4. The van der Waals surface area contributed by atoms with Crippen molar-refractivity contribution in [1.82, 2.24) is 14.5 Å². The van der Waals surface area contributed by atoms with Crippen molar-refractivity contribution in [3.8, 4) is 22.6 Å². The Morgan fingerprint density at radius 3 is 2.35 bits per heavy atom. The third-order valence-corrected chi connectivity index (χ3v) is 7.35. The van der Waals surface area contributed by atoms with Gasteiger partial charge in [-0.05, 0) is 62.7 Å². The van der Waals surface area contributed by atoms with E-state index in [-0.39, 0.29) is 70.7 Å². The van der Waals surface area contributed by atoms with Crippen LogP contribution < -0.4 is 21.3 Å². The van der Waals surface area contributed by atoms with E-state index in [1.165, 1.54) is 38.3 Å². The fourth-order valence-electron chi connectivity index (χ4n) is 5.12. The summed E-state index contributed by atoms with van der Waals surface area (Å²) in [5, 5.41) is 11.9. The molecule has 0 saturated heterocycles. The van der Waals surface area contributed by atoms with E-state index >= 15 is 4.39 Å². The Balaban J connectivity index is 0.00000576. The monoisotopic (exact) mass is 655 g/mol. The molecule has 0 aliphatic carbocycles. The number of carboxylic acid groups (broad SMARTS) is 1. The van der Waals surface area contributed by atoms with Crippen molar-refractivity contribution in [2.24, 2.45) is 0 Å². The zero-order valence-corrected chi connectivity index (χ0v) is 24.4. The summed E-state index contributed by atoms with van der Waals surface area (Å²) in [6.07, 6.45) is -4.32. The number of halogens is 5. The van der Waals surface area contributed by atoms with Gasteiger partial charge < -0.3 is 15.2 Å². The number of carbonyl (C=O) groups is 1. The van der Waals surface area contributed by atoms with Crippen LogP contribution in [0, 0.1) is 18.6 Å². The molecular formula is C32H31F5N3NaO5. The first kappa shape index (κ1) is 36.7. The van der Waals surface area contributed by atoms with Crippen LogP contribution in [0.1, 0.15) is 35.2 Å². The molecule has 2 N–H and O–H groups in total. The summed E-state index contributed by atoms with van der Waals surface area (Å²) < 4.78 is 78.9. The number of ether oxygens (including phenoxy) is 1. The number of aromatic nitrogens is 2. The average Bonchev–Trinajstić information content (AvgIpc) is 2.98. The molecule has 0 bridgehead atoms. The second-order valence-corrected chi connectivity index (χ2v) is 10.2. The summed E-state index contributed by atoms with van der Waals surface area (Å²) >= 11 is 0. The van der Waals surface area contributed by atoms with Gasteiger partial charge in [0.2, 0.25) is 0 Å². The second-order valence-electron chi connectivity index (χ2n) is 10.2. The zero-order chi connectivity index (χ0) is 32.9. The maximum absolute atomic E-state index is 15.6. The Morgan fingerprint density at radius 2 is 1.67 bits per heavy atom. The summed E-state index contributed by atoms with van der Waals surface area (Å²) in [5.74, 6) is -3.29. The molecular weight excluding hydrogens is 624 g/mol. The quantitative estimate of drug-likeness (QED) is 0.131. The van der Waals surface area contributed by atoms with Crippen LogP contribution in [-0.2, 0) is 23.9 Å². The topological polar surface area (TPSA) is 103 Å². The molecule has 46 heavy (non-hydrogen) atoms. The number of aliphatic carboxylic acids is 1. The van der Waals surface area contributed by atoms with Gasteiger partial charge in [-0.2, -0.15) is 13.2 Å². The summed E-state index contributed by atoms with van der Waals surface area (Å²) in [5.41, 5.74) is -4.28. The predicted octanol–water partition coefficient (Wildman–Crippen LogP) is 4.68. The van der Waals surface area contributed by atoms with E-state index < -0.39 is 52.7 Å². The number of para-hydroxylation sites is 1. The van der Waals surface area contributed by atoms with Crippen molar-refractivity contribution in [2.45, 2.75) is 38.9 Å². The number of rotatable bonds is 12. The van der Waals surface area contributed by atoms with Crippen LogP contribution in [0.15, 0.2) is 70.3 Å². The van der Waals surface area contributed by atoms with Crippen molar-refractivity contribution in [2.75, 3.05) is 20.2 Å². The molecule has 240 valence electrons. The van der Waals surface area contributed by atoms with E-state index in [0.29, 0.717) is 31.1 Å². The molecule has 4 aromatic rings. The van der Waals surface area contributed by atoms with Crippen molar-refractivity contribution >= 4 is 35.5 Å². The van der Waals surface area contributed by atoms with Crippen LogP contribution in [0.3, 0.4) is 0 Å². The molecule has 4 rings (SSSR count). The Hall–Kier alpha value is -3.78. The van der Waals surface area contributed by atoms with Crippen LogP contribution in [0.25, 0.3) is 16.8 Å². The van der Waals surface area contributed by atoms with Crippen LogP contribution in [0.5, 0.6) is 5.75 Å². The molecule has 0 spiro atoms. The van der Waals surface area contributed by atoms with Crippen molar-refractivity contribution < 1.29 is 36.6 Å². The summed E-state index contributed by atoms with van der Waals surface area (Å²) in [6.45, 7) is 1.11. The predicted molar refractivity (Wildman–Crippen MR) is 164 cm³/mol. The zero-order valence-electron chi connectivity index (χ0n) is 24.4. The number of alkyl halides is 3. The van der Waals surface area contributed by atoms with E-state index in [2.05, 4.69) is 5.32 Å². The van der Waals surface area contributed by atoms with Gasteiger partial charge in [-0.25, -0.2) is 18.1 Å². The molecule has 0 aliphatic heterocycles. The Morgan fingerprint density at radius 1 is 0.978 bits per heavy atom. The molecule has 0 atom stereocenters. The maximum atomic E-state index is 15.6. The molecule has 8 nitrogen and oxygen atoms in total. The van der Waals surface area contributed by atoms with Crippen LogP contribution in [-0.4, -0.2) is 70.0 Å². The summed E-state index contributed by atoms with van der Waals surface area (Å²) in [4.78, 5) is 38.9. The van der Waals surface area contributed by atoms with E-state index in [4.69, 9.17) is 9.84 Å². The Bertz CT molecular complexity index is 1840. The van der Waals surface area contributed by atoms with Gasteiger partial charge in [0.1, 0.15) is 5.82 Å². The van der Waals surface area contributed by atoms with Crippen molar-refractivity contribution in [3.05, 3.63) is 116 Å². The first-order valence-corrected chi connectivity index (χ1v) is 13.9. The van der Waals surface area contributed by atoms with Gasteiger partial charge in [-0.1, -0.05) is 36.4 Å². The Kier molecular flexibility index (Phi) is 12.5. The minimum atomic E-state index is -4.95. The van der Waals surface area contributed by atoms with Crippen molar-refractivity contribution in [1.29, 1.82) is 0 Å². The summed E-state index contributed by atoms with van der Waals surface area (Å²) in [6, 6.07) is 12.8.